The average molecular weight is 459 g/mol. The zero-order valence-electron chi connectivity index (χ0n) is 18.9. The van der Waals surface area contributed by atoms with E-state index in [4.69, 9.17) is 9.15 Å². The number of hydrogen-bond acceptors (Lipinski definition) is 4. The molecule has 0 atom stereocenters. The average Bonchev–Trinajstić information content (AvgIpc) is 3.25. The summed E-state index contributed by atoms with van der Waals surface area (Å²) >= 11 is 0. The molecule has 6 heteroatoms. The van der Waals surface area contributed by atoms with E-state index in [1.165, 1.54) is 12.1 Å². The van der Waals surface area contributed by atoms with E-state index in [1.807, 2.05) is 66.7 Å². The summed E-state index contributed by atoms with van der Waals surface area (Å²) in [5, 5.41) is 4.05. The minimum Gasteiger partial charge on any atom is -0.489 e. The van der Waals surface area contributed by atoms with E-state index in [0.717, 1.165) is 54.7 Å². The van der Waals surface area contributed by atoms with Crippen molar-refractivity contribution in [1.29, 1.82) is 0 Å². The van der Waals surface area contributed by atoms with Gasteiger partial charge >= 0.3 is 0 Å². The lowest BCUT2D eigenvalue weighted by Gasteiger charge is -2.32. The predicted octanol–water partition coefficient (Wildman–Crippen LogP) is 5.55. The van der Waals surface area contributed by atoms with E-state index in [9.17, 15) is 9.18 Å². The normalized spacial score (nSPS) is 14.9. The molecule has 0 saturated carbocycles. The number of carbonyl (C=O) groups excluding carboxylic acids is 1. The maximum absolute atomic E-state index is 13.2. The highest BCUT2D eigenvalue weighted by Crippen LogP contribution is 2.28. The molecule has 0 unspecified atom stereocenters. The molecule has 0 bridgehead atoms. The van der Waals surface area contributed by atoms with E-state index < -0.39 is 0 Å². The first-order valence-electron chi connectivity index (χ1n) is 11.6. The molecule has 1 aliphatic heterocycles. The SMILES string of the molecule is O=C(NC1CCN(Cc2ccc(F)cc2)CC1)c1oc2ccccc2c1COc1ccccc1. The molecule has 1 N–H and O–H groups in total. The zero-order chi connectivity index (χ0) is 23.3. The van der Waals surface area contributed by atoms with Gasteiger partial charge in [0.05, 0.1) is 0 Å². The van der Waals surface area contributed by atoms with Gasteiger partial charge in [-0.15, -0.1) is 0 Å². The van der Waals surface area contributed by atoms with Crippen LogP contribution in [-0.2, 0) is 13.2 Å². The minimum absolute atomic E-state index is 0.0769. The number of furan rings is 1. The number of rotatable bonds is 7. The molecule has 0 aliphatic carbocycles. The van der Waals surface area contributed by atoms with Crippen LogP contribution in [0, 0.1) is 5.82 Å². The molecular formula is C28H27FN2O3. The summed E-state index contributed by atoms with van der Waals surface area (Å²) in [5.41, 5.74) is 2.52. The van der Waals surface area contributed by atoms with Crippen LogP contribution in [0.1, 0.15) is 34.5 Å². The van der Waals surface area contributed by atoms with Gasteiger partial charge in [0.25, 0.3) is 5.91 Å². The van der Waals surface area contributed by atoms with Gasteiger partial charge in [-0.3, -0.25) is 9.69 Å². The van der Waals surface area contributed by atoms with Crippen molar-refractivity contribution in [1.82, 2.24) is 10.2 Å². The van der Waals surface area contributed by atoms with E-state index in [2.05, 4.69) is 10.2 Å². The van der Waals surface area contributed by atoms with Gasteiger partial charge in [-0.2, -0.15) is 0 Å². The largest absolute Gasteiger partial charge is 0.489 e. The molecule has 1 aliphatic rings. The number of carbonyl (C=O) groups is 1. The monoisotopic (exact) mass is 458 g/mol. The van der Waals surface area contributed by atoms with E-state index in [-0.39, 0.29) is 24.4 Å². The number of likely N-dealkylation sites (tertiary alicyclic amines) is 1. The number of nitrogens with one attached hydrogen (secondary N) is 1. The first-order chi connectivity index (χ1) is 16.7. The Kier molecular flexibility index (Phi) is 6.58. The number of para-hydroxylation sites is 2. The number of halogens is 1. The summed E-state index contributed by atoms with van der Waals surface area (Å²) in [6, 6.07) is 23.9. The fourth-order valence-corrected chi connectivity index (χ4v) is 4.43. The minimum atomic E-state index is -0.218. The van der Waals surface area contributed by atoms with Crippen molar-refractivity contribution in [3.63, 3.8) is 0 Å². The van der Waals surface area contributed by atoms with Crippen LogP contribution in [0.5, 0.6) is 5.75 Å². The van der Waals surface area contributed by atoms with Crippen molar-refractivity contribution in [2.45, 2.75) is 32.0 Å². The Balaban J connectivity index is 1.23. The van der Waals surface area contributed by atoms with Crippen LogP contribution in [0.3, 0.4) is 0 Å². The molecular weight excluding hydrogens is 431 g/mol. The number of benzene rings is 3. The second kappa shape index (κ2) is 10.1. The Hall–Kier alpha value is -3.64. The van der Waals surface area contributed by atoms with Gasteiger partial charge in [0, 0.05) is 36.6 Å². The van der Waals surface area contributed by atoms with Gasteiger partial charge in [0.1, 0.15) is 23.8 Å². The van der Waals surface area contributed by atoms with Crippen LogP contribution in [0.2, 0.25) is 0 Å². The summed E-state index contributed by atoms with van der Waals surface area (Å²) in [4.78, 5) is 15.5. The van der Waals surface area contributed by atoms with Crippen molar-refractivity contribution in [3.05, 3.63) is 102 Å². The van der Waals surface area contributed by atoms with Crippen LogP contribution in [-0.4, -0.2) is 29.9 Å². The Morgan fingerprint density at radius 1 is 0.971 bits per heavy atom. The third-order valence-corrected chi connectivity index (χ3v) is 6.27. The number of nitrogens with zero attached hydrogens (tertiary/aromatic N) is 1. The molecule has 0 radical (unpaired) electrons. The highest BCUT2D eigenvalue weighted by Gasteiger charge is 2.26. The number of fused-ring (bicyclic) bond motifs is 1. The highest BCUT2D eigenvalue weighted by atomic mass is 19.1. The summed E-state index contributed by atoms with van der Waals surface area (Å²) in [6.07, 6.45) is 1.70. The van der Waals surface area contributed by atoms with Crippen molar-refractivity contribution in [2.24, 2.45) is 0 Å². The van der Waals surface area contributed by atoms with Crippen molar-refractivity contribution in [3.8, 4) is 5.75 Å². The quantitative estimate of drug-likeness (QED) is 0.395. The fourth-order valence-electron chi connectivity index (χ4n) is 4.43. The smallest absolute Gasteiger partial charge is 0.287 e. The van der Waals surface area contributed by atoms with Crippen molar-refractivity contribution < 1.29 is 18.3 Å². The lowest BCUT2D eigenvalue weighted by molar-refractivity contribution is 0.0879. The number of amides is 1. The summed E-state index contributed by atoms with van der Waals surface area (Å²) in [7, 11) is 0. The first-order valence-corrected chi connectivity index (χ1v) is 11.6. The molecule has 1 aromatic heterocycles. The van der Waals surface area contributed by atoms with E-state index >= 15 is 0 Å². The number of hydrogen-bond donors (Lipinski definition) is 1. The van der Waals surface area contributed by atoms with Crippen molar-refractivity contribution in [2.75, 3.05) is 13.1 Å². The second-order valence-electron chi connectivity index (χ2n) is 8.66. The topological polar surface area (TPSA) is 54.7 Å². The summed E-state index contributed by atoms with van der Waals surface area (Å²) in [5.74, 6) is 0.627. The van der Waals surface area contributed by atoms with Crippen LogP contribution in [0.15, 0.2) is 83.3 Å². The lowest BCUT2D eigenvalue weighted by atomic mass is 10.0. The summed E-state index contributed by atoms with van der Waals surface area (Å²) in [6.45, 7) is 2.77. The predicted molar refractivity (Wildman–Crippen MR) is 129 cm³/mol. The standard InChI is InChI=1S/C28H27FN2O3/c29-21-12-10-20(11-13-21)18-31-16-14-22(15-17-31)30-28(32)27-25(19-33-23-6-2-1-3-7-23)24-8-4-5-9-26(24)34-27/h1-13,22H,14-19H2,(H,30,32). The van der Waals surface area contributed by atoms with Gasteiger partial charge in [-0.25, -0.2) is 4.39 Å². The zero-order valence-corrected chi connectivity index (χ0v) is 18.9. The van der Waals surface area contributed by atoms with Crippen LogP contribution < -0.4 is 10.1 Å². The molecule has 174 valence electrons. The molecule has 3 aromatic carbocycles. The lowest BCUT2D eigenvalue weighted by Crippen LogP contribution is -2.44. The molecule has 1 amide bonds. The number of ether oxygens (including phenoxy) is 1. The molecule has 34 heavy (non-hydrogen) atoms. The first kappa shape index (κ1) is 22.2. The Morgan fingerprint density at radius 3 is 2.44 bits per heavy atom. The van der Waals surface area contributed by atoms with Crippen LogP contribution in [0.4, 0.5) is 4.39 Å². The molecule has 5 nitrogen and oxygen atoms in total. The van der Waals surface area contributed by atoms with Crippen LogP contribution in [0.25, 0.3) is 11.0 Å². The highest BCUT2D eigenvalue weighted by molar-refractivity contribution is 5.99. The number of piperidine rings is 1. The Bertz CT molecular complexity index is 1250. The molecule has 5 rings (SSSR count). The molecule has 1 fully saturated rings. The van der Waals surface area contributed by atoms with E-state index in [1.54, 1.807) is 0 Å². The van der Waals surface area contributed by atoms with Gasteiger partial charge in [-0.05, 0) is 48.7 Å². The van der Waals surface area contributed by atoms with Crippen molar-refractivity contribution >= 4 is 16.9 Å². The fraction of sp³-hybridized carbons (Fsp3) is 0.250. The van der Waals surface area contributed by atoms with Crippen LogP contribution >= 0.6 is 0 Å². The van der Waals surface area contributed by atoms with E-state index in [0.29, 0.717) is 11.3 Å². The Morgan fingerprint density at radius 2 is 1.68 bits per heavy atom. The Labute approximate surface area is 198 Å². The maximum atomic E-state index is 13.2. The molecule has 0 spiro atoms. The van der Waals surface area contributed by atoms with Gasteiger partial charge < -0.3 is 14.5 Å². The van der Waals surface area contributed by atoms with Gasteiger partial charge in [0.2, 0.25) is 0 Å². The third-order valence-electron chi connectivity index (χ3n) is 6.27. The van der Waals surface area contributed by atoms with Gasteiger partial charge in [-0.1, -0.05) is 48.5 Å². The maximum Gasteiger partial charge on any atom is 0.287 e. The molecule has 4 aromatic rings. The second-order valence-corrected chi connectivity index (χ2v) is 8.66. The third kappa shape index (κ3) is 5.13. The van der Waals surface area contributed by atoms with Gasteiger partial charge in [0.15, 0.2) is 5.76 Å². The molecule has 2 heterocycles. The molecule has 1 saturated heterocycles. The summed E-state index contributed by atoms with van der Waals surface area (Å²) < 4.78 is 25.1.